The van der Waals surface area contributed by atoms with Gasteiger partial charge in [0.15, 0.2) is 5.11 Å². The summed E-state index contributed by atoms with van der Waals surface area (Å²) in [6.07, 6.45) is 2.00. The van der Waals surface area contributed by atoms with E-state index in [1.54, 1.807) is 18.3 Å². The molecule has 1 aliphatic heterocycles. The van der Waals surface area contributed by atoms with Gasteiger partial charge in [-0.15, -0.1) is 0 Å². The second-order valence-electron chi connectivity index (χ2n) is 9.27. The summed E-state index contributed by atoms with van der Waals surface area (Å²) < 4.78 is 6.34. The van der Waals surface area contributed by atoms with Crippen LogP contribution < -0.4 is 10.6 Å². The van der Waals surface area contributed by atoms with Crippen LogP contribution in [0.15, 0.2) is 77.3 Å². The number of rotatable bonds is 7. The second kappa shape index (κ2) is 11.2. The van der Waals surface area contributed by atoms with Crippen LogP contribution in [0.4, 0.5) is 5.69 Å². The van der Waals surface area contributed by atoms with Crippen molar-refractivity contribution in [3.63, 3.8) is 0 Å². The van der Waals surface area contributed by atoms with Crippen molar-refractivity contribution in [3.05, 3.63) is 106 Å². The van der Waals surface area contributed by atoms with Crippen molar-refractivity contribution in [1.82, 2.24) is 15.2 Å². The van der Waals surface area contributed by atoms with Crippen LogP contribution in [0.1, 0.15) is 41.1 Å². The van der Waals surface area contributed by atoms with Gasteiger partial charge in [0, 0.05) is 30.4 Å². The smallest absolute Gasteiger partial charge is 0.226 e. The molecule has 9 heteroatoms. The summed E-state index contributed by atoms with van der Waals surface area (Å²) in [6, 6.07) is 20.4. The molecular weight excluding hydrogens is 539 g/mol. The zero-order valence-electron chi connectivity index (χ0n) is 20.9. The Bertz CT molecular complexity index is 1490. The lowest BCUT2D eigenvalue weighted by Gasteiger charge is -2.26. The molecule has 0 saturated carbocycles. The molecule has 1 aliphatic rings. The van der Waals surface area contributed by atoms with Gasteiger partial charge in [-0.3, -0.25) is 9.78 Å². The summed E-state index contributed by atoms with van der Waals surface area (Å²) in [6.45, 7) is 4.38. The summed E-state index contributed by atoms with van der Waals surface area (Å²) in [5.74, 6) is 1.27. The largest absolute Gasteiger partial charge is 0.459 e. The maximum Gasteiger partial charge on any atom is 0.226 e. The van der Waals surface area contributed by atoms with E-state index in [1.165, 1.54) is 0 Å². The van der Waals surface area contributed by atoms with Crippen molar-refractivity contribution in [1.29, 1.82) is 0 Å². The summed E-state index contributed by atoms with van der Waals surface area (Å²) in [7, 11) is 0. The molecule has 1 amide bonds. The number of nitrogens with zero attached hydrogens (tertiary/aromatic N) is 2. The number of amides is 1. The number of furan rings is 1. The van der Waals surface area contributed by atoms with Gasteiger partial charge in [-0.2, -0.15) is 0 Å². The Morgan fingerprint density at radius 1 is 1.08 bits per heavy atom. The number of carbonyl (C=O) groups is 1. The van der Waals surface area contributed by atoms with E-state index in [0.717, 1.165) is 28.1 Å². The number of anilines is 1. The average molecular weight is 566 g/mol. The highest BCUT2D eigenvalue weighted by atomic mass is 35.5. The van der Waals surface area contributed by atoms with Crippen molar-refractivity contribution >= 4 is 52.1 Å². The number of benzene rings is 2. The fourth-order valence-corrected chi connectivity index (χ4v) is 5.21. The molecule has 0 bridgehead atoms. The summed E-state index contributed by atoms with van der Waals surface area (Å²) in [5, 5.41) is 7.90. The maximum absolute atomic E-state index is 12.9. The van der Waals surface area contributed by atoms with Crippen molar-refractivity contribution in [3.8, 4) is 11.3 Å². The van der Waals surface area contributed by atoms with E-state index in [0.29, 0.717) is 33.2 Å². The lowest BCUT2D eigenvalue weighted by Crippen LogP contribution is -2.32. The predicted molar refractivity (Wildman–Crippen MR) is 155 cm³/mol. The van der Waals surface area contributed by atoms with Crippen LogP contribution in [-0.4, -0.2) is 27.4 Å². The van der Waals surface area contributed by atoms with E-state index < -0.39 is 0 Å². The standard InChI is InChI=1S/C29H26Cl2N4O2S/c1-17-6-7-18(2)23(15-17)33-26(36)12-14-35-28(27(34-29(35)38)22-5-3-4-13-32-22)25-11-10-24(37-25)19-8-9-20(30)21(31)16-19/h3-11,13,15-16,27-28H,12,14H2,1-2H3,(H,33,36)(H,34,38)/t27-,28+/m1/s1. The minimum atomic E-state index is -0.303. The molecule has 2 aromatic heterocycles. The van der Waals surface area contributed by atoms with Gasteiger partial charge in [-0.25, -0.2) is 0 Å². The van der Waals surface area contributed by atoms with E-state index in [2.05, 4.69) is 15.6 Å². The topological polar surface area (TPSA) is 70.4 Å². The molecule has 0 spiro atoms. The molecule has 2 atom stereocenters. The molecule has 6 nitrogen and oxygen atoms in total. The molecule has 3 heterocycles. The quantitative estimate of drug-likeness (QED) is 0.230. The van der Waals surface area contributed by atoms with Crippen LogP contribution in [0.25, 0.3) is 11.3 Å². The Morgan fingerprint density at radius 2 is 1.92 bits per heavy atom. The Kier molecular flexibility index (Phi) is 7.70. The Morgan fingerprint density at radius 3 is 2.68 bits per heavy atom. The van der Waals surface area contributed by atoms with Gasteiger partial charge < -0.3 is 20.0 Å². The summed E-state index contributed by atoms with van der Waals surface area (Å²) >= 11 is 18.1. The first-order valence-electron chi connectivity index (χ1n) is 12.2. The molecule has 5 rings (SSSR count). The Labute approximate surface area is 237 Å². The molecule has 38 heavy (non-hydrogen) atoms. The van der Waals surface area contributed by atoms with Crippen LogP contribution in [0.2, 0.25) is 10.0 Å². The molecular formula is C29H26Cl2N4O2S. The lowest BCUT2D eigenvalue weighted by atomic mass is 10.0. The van der Waals surface area contributed by atoms with E-state index >= 15 is 0 Å². The van der Waals surface area contributed by atoms with E-state index in [-0.39, 0.29) is 24.4 Å². The van der Waals surface area contributed by atoms with Gasteiger partial charge in [0.05, 0.1) is 21.8 Å². The van der Waals surface area contributed by atoms with Crippen molar-refractivity contribution in [2.45, 2.75) is 32.4 Å². The molecule has 0 aliphatic carbocycles. The zero-order chi connectivity index (χ0) is 26.8. The second-order valence-corrected chi connectivity index (χ2v) is 10.5. The number of aryl methyl sites for hydroxylation is 2. The SMILES string of the molecule is Cc1ccc(C)c(NC(=O)CCN2C(=S)N[C@H](c3ccccn3)[C@@H]2c2ccc(-c3ccc(Cl)c(Cl)c3)o2)c1. The van der Waals surface area contributed by atoms with Gasteiger partial charge in [-0.1, -0.05) is 41.4 Å². The molecule has 0 radical (unpaired) electrons. The third kappa shape index (κ3) is 5.55. The molecule has 194 valence electrons. The van der Waals surface area contributed by atoms with Crippen LogP contribution in [-0.2, 0) is 4.79 Å². The Hall–Kier alpha value is -3.39. The van der Waals surface area contributed by atoms with Gasteiger partial charge in [0.1, 0.15) is 17.6 Å². The van der Waals surface area contributed by atoms with Crippen molar-refractivity contribution in [2.24, 2.45) is 0 Å². The van der Waals surface area contributed by atoms with Crippen LogP contribution in [0.3, 0.4) is 0 Å². The monoisotopic (exact) mass is 564 g/mol. The first kappa shape index (κ1) is 26.2. The molecule has 2 aromatic carbocycles. The number of pyridine rings is 1. The van der Waals surface area contributed by atoms with E-state index in [4.69, 9.17) is 39.8 Å². The molecule has 4 aromatic rings. The fraction of sp³-hybridized carbons (Fsp3) is 0.207. The third-order valence-corrected chi connectivity index (χ3v) is 7.66. The number of nitrogens with one attached hydrogen (secondary N) is 2. The molecule has 0 unspecified atom stereocenters. The normalized spacial score (nSPS) is 16.9. The lowest BCUT2D eigenvalue weighted by molar-refractivity contribution is -0.116. The molecule has 1 saturated heterocycles. The first-order valence-corrected chi connectivity index (χ1v) is 13.4. The maximum atomic E-state index is 12.9. The highest BCUT2D eigenvalue weighted by Gasteiger charge is 2.41. The molecule has 2 N–H and O–H groups in total. The number of hydrogen-bond acceptors (Lipinski definition) is 4. The van der Waals surface area contributed by atoms with Gasteiger partial charge in [-0.05, 0) is 85.7 Å². The number of thiocarbonyl (C=S) groups is 1. The number of aromatic nitrogens is 1. The van der Waals surface area contributed by atoms with E-state index in [9.17, 15) is 4.79 Å². The Balaban J connectivity index is 1.40. The van der Waals surface area contributed by atoms with Crippen LogP contribution >= 0.6 is 35.4 Å². The average Bonchev–Trinajstić information content (AvgIpc) is 3.51. The van der Waals surface area contributed by atoms with Gasteiger partial charge in [0.25, 0.3) is 0 Å². The zero-order valence-corrected chi connectivity index (χ0v) is 23.2. The highest BCUT2D eigenvalue weighted by molar-refractivity contribution is 7.80. The fourth-order valence-electron chi connectivity index (χ4n) is 4.58. The van der Waals surface area contributed by atoms with E-state index in [1.807, 2.05) is 73.3 Å². The number of carbonyl (C=O) groups excluding carboxylic acids is 1. The van der Waals surface area contributed by atoms with Crippen LogP contribution in [0, 0.1) is 13.8 Å². The van der Waals surface area contributed by atoms with Gasteiger partial charge >= 0.3 is 0 Å². The minimum absolute atomic E-state index is 0.0857. The molecule has 1 fully saturated rings. The highest BCUT2D eigenvalue weighted by Crippen LogP contribution is 2.41. The summed E-state index contributed by atoms with van der Waals surface area (Å²) in [5.41, 5.74) is 4.56. The number of hydrogen-bond donors (Lipinski definition) is 2. The first-order chi connectivity index (χ1) is 18.3. The van der Waals surface area contributed by atoms with Crippen molar-refractivity contribution < 1.29 is 9.21 Å². The third-order valence-electron chi connectivity index (χ3n) is 6.57. The van der Waals surface area contributed by atoms with Crippen molar-refractivity contribution in [2.75, 3.05) is 11.9 Å². The van der Waals surface area contributed by atoms with Gasteiger partial charge in [0.2, 0.25) is 5.91 Å². The van der Waals surface area contributed by atoms with Crippen LogP contribution in [0.5, 0.6) is 0 Å². The minimum Gasteiger partial charge on any atom is -0.459 e. The summed E-state index contributed by atoms with van der Waals surface area (Å²) in [4.78, 5) is 19.5. The number of halogens is 2. The predicted octanol–water partition coefficient (Wildman–Crippen LogP) is 7.27.